The lowest BCUT2D eigenvalue weighted by Gasteiger charge is -2.28. The number of hydrogen-bond donors (Lipinski definition) is 0. The fourth-order valence-electron chi connectivity index (χ4n) is 3.11. The van der Waals surface area contributed by atoms with Crippen molar-refractivity contribution in [2.75, 3.05) is 26.0 Å². The number of thioether (sulfide) groups is 1. The lowest BCUT2D eigenvalue weighted by Crippen LogP contribution is -2.37. The number of rotatable bonds is 6. The molecule has 0 atom stereocenters. The predicted octanol–water partition coefficient (Wildman–Crippen LogP) is 2.82. The molecule has 0 saturated carbocycles. The maximum Gasteiger partial charge on any atom is 0.233 e. The van der Waals surface area contributed by atoms with E-state index in [0.29, 0.717) is 18.9 Å². The van der Waals surface area contributed by atoms with Crippen LogP contribution in [0.2, 0.25) is 0 Å². The quantitative estimate of drug-likeness (QED) is 0.744. The van der Waals surface area contributed by atoms with Gasteiger partial charge in [-0.25, -0.2) is 4.98 Å². The molecular formula is C19H25N3O2S. The summed E-state index contributed by atoms with van der Waals surface area (Å²) in [5.74, 6) is 0.599. The summed E-state index contributed by atoms with van der Waals surface area (Å²) >= 11 is 1.52. The third-order valence-electron chi connectivity index (χ3n) is 4.75. The molecule has 3 rings (SSSR count). The Labute approximate surface area is 153 Å². The zero-order chi connectivity index (χ0) is 17.8. The van der Waals surface area contributed by atoms with E-state index in [2.05, 4.69) is 34.7 Å². The first-order valence-electron chi connectivity index (χ1n) is 8.60. The van der Waals surface area contributed by atoms with Gasteiger partial charge in [0.15, 0.2) is 5.16 Å². The smallest absolute Gasteiger partial charge is 0.233 e. The maximum absolute atomic E-state index is 12.6. The van der Waals surface area contributed by atoms with E-state index in [9.17, 15) is 4.79 Å². The predicted molar refractivity (Wildman–Crippen MR) is 99.9 cm³/mol. The van der Waals surface area contributed by atoms with Crippen molar-refractivity contribution in [1.29, 1.82) is 0 Å². The number of fused-ring (bicyclic) bond motifs is 1. The highest BCUT2D eigenvalue weighted by atomic mass is 32.2. The summed E-state index contributed by atoms with van der Waals surface area (Å²) in [4.78, 5) is 19.2. The van der Waals surface area contributed by atoms with Crippen LogP contribution in [-0.4, -0.2) is 46.4 Å². The molecule has 0 saturated heterocycles. The average molecular weight is 359 g/mol. The van der Waals surface area contributed by atoms with Gasteiger partial charge in [-0.2, -0.15) is 0 Å². The fraction of sp³-hybridized carbons (Fsp3) is 0.474. The van der Waals surface area contributed by atoms with Gasteiger partial charge in [0.2, 0.25) is 5.91 Å². The molecule has 1 aromatic heterocycles. The molecule has 0 bridgehead atoms. The van der Waals surface area contributed by atoms with Crippen LogP contribution in [0.3, 0.4) is 0 Å². The van der Waals surface area contributed by atoms with Gasteiger partial charge in [0, 0.05) is 32.4 Å². The van der Waals surface area contributed by atoms with Crippen LogP contribution in [0, 0.1) is 13.8 Å². The summed E-state index contributed by atoms with van der Waals surface area (Å²) in [5, 5.41) is 0.901. The van der Waals surface area contributed by atoms with Crippen LogP contribution in [0.25, 0.3) is 0 Å². The minimum atomic E-state index is 0.177. The highest BCUT2D eigenvalue weighted by Gasteiger charge is 2.21. The van der Waals surface area contributed by atoms with E-state index in [1.54, 1.807) is 7.11 Å². The second-order valence-electron chi connectivity index (χ2n) is 6.33. The Morgan fingerprint density at radius 2 is 2.04 bits per heavy atom. The Morgan fingerprint density at radius 3 is 2.80 bits per heavy atom. The molecule has 2 aromatic rings. The van der Waals surface area contributed by atoms with E-state index < -0.39 is 0 Å². The standard InChI is InChI=1S/C19H25N3O2S/c1-14-15(2)22(10-11-24-3)19(20-14)25-13-18(23)21-9-8-16-6-4-5-7-17(16)12-21/h4-7H,8-13H2,1-3H3. The minimum absolute atomic E-state index is 0.177. The summed E-state index contributed by atoms with van der Waals surface area (Å²) in [5.41, 5.74) is 4.78. The Balaban J connectivity index is 1.62. The van der Waals surface area contributed by atoms with Crippen LogP contribution in [-0.2, 0) is 29.0 Å². The second-order valence-corrected chi connectivity index (χ2v) is 7.27. The maximum atomic E-state index is 12.6. The summed E-state index contributed by atoms with van der Waals surface area (Å²) < 4.78 is 7.33. The average Bonchev–Trinajstić information content (AvgIpc) is 2.91. The number of aryl methyl sites for hydroxylation is 1. The van der Waals surface area contributed by atoms with Gasteiger partial charge in [-0.1, -0.05) is 36.0 Å². The Morgan fingerprint density at radius 1 is 1.28 bits per heavy atom. The molecule has 1 aromatic carbocycles. The molecule has 0 aliphatic carbocycles. The summed E-state index contributed by atoms with van der Waals surface area (Å²) in [6, 6.07) is 8.38. The molecule has 5 nitrogen and oxygen atoms in total. The first-order chi connectivity index (χ1) is 12.1. The highest BCUT2D eigenvalue weighted by molar-refractivity contribution is 7.99. The fourth-order valence-corrected chi connectivity index (χ4v) is 4.13. The molecule has 1 aliphatic rings. The van der Waals surface area contributed by atoms with E-state index in [0.717, 1.165) is 36.1 Å². The van der Waals surface area contributed by atoms with E-state index in [4.69, 9.17) is 4.74 Å². The van der Waals surface area contributed by atoms with Crippen molar-refractivity contribution in [1.82, 2.24) is 14.5 Å². The highest BCUT2D eigenvalue weighted by Crippen LogP contribution is 2.23. The Kier molecular flexibility index (Phi) is 5.81. The molecule has 6 heteroatoms. The monoisotopic (exact) mass is 359 g/mol. The number of methoxy groups -OCH3 is 1. The zero-order valence-electron chi connectivity index (χ0n) is 15.1. The van der Waals surface area contributed by atoms with Gasteiger partial charge in [0.25, 0.3) is 0 Å². The molecule has 1 aliphatic heterocycles. The third kappa shape index (κ3) is 4.07. The number of carbonyl (C=O) groups excluding carboxylic acids is 1. The number of benzene rings is 1. The van der Waals surface area contributed by atoms with Crippen molar-refractivity contribution in [3.8, 4) is 0 Å². The van der Waals surface area contributed by atoms with Gasteiger partial charge in [0.05, 0.1) is 18.1 Å². The van der Waals surface area contributed by atoms with Gasteiger partial charge in [-0.3, -0.25) is 4.79 Å². The molecule has 134 valence electrons. The SMILES string of the molecule is COCCn1c(SCC(=O)N2CCc3ccccc3C2)nc(C)c1C. The van der Waals surface area contributed by atoms with Gasteiger partial charge >= 0.3 is 0 Å². The Hall–Kier alpha value is -1.79. The largest absolute Gasteiger partial charge is 0.383 e. The number of aromatic nitrogens is 2. The first-order valence-corrected chi connectivity index (χ1v) is 9.58. The number of hydrogen-bond acceptors (Lipinski definition) is 4. The van der Waals surface area contributed by atoms with Gasteiger partial charge in [-0.05, 0) is 31.4 Å². The van der Waals surface area contributed by atoms with Crippen molar-refractivity contribution >= 4 is 17.7 Å². The molecule has 2 heterocycles. The summed E-state index contributed by atoms with van der Waals surface area (Å²) in [6.45, 7) is 6.98. The molecule has 0 N–H and O–H groups in total. The normalized spacial score (nSPS) is 13.8. The molecule has 0 fully saturated rings. The van der Waals surface area contributed by atoms with Crippen molar-refractivity contribution in [3.63, 3.8) is 0 Å². The molecule has 0 radical (unpaired) electrons. The van der Waals surface area contributed by atoms with Crippen molar-refractivity contribution in [2.45, 2.75) is 38.5 Å². The van der Waals surface area contributed by atoms with E-state index in [1.165, 1.54) is 22.9 Å². The van der Waals surface area contributed by atoms with Crippen molar-refractivity contribution < 1.29 is 9.53 Å². The number of ether oxygens (including phenoxy) is 1. The molecule has 0 spiro atoms. The number of imidazole rings is 1. The van der Waals surface area contributed by atoms with Crippen LogP contribution < -0.4 is 0 Å². The summed E-state index contributed by atoms with van der Waals surface area (Å²) in [7, 11) is 1.70. The molecule has 0 unspecified atom stereocenters. The van der Waals surface area contributed by atoms with Crippen LogP contribution in [0.15, 0.2) is 29.4 Å². The van der Waals surface area contributed by atoms with Crippen molar-refractivity contribution in [3.05, 3.63) is 46.8 Å². The minimum Gasteiger partial charge on any atom is -0.383 e. The van der Waals surface area contributed by atoms with Gasteiger partial charge < -0.3 is 14.2 Å². The van der Waals surface area contributed by atoms with Crippen LogP contribution >= 0.6 is 11.8 Å². The topological polar surface area (TPSA) is 47.4 Å². The van der Waals surface area contributed by atoms with Crippen molar-refractivity contribution in [2.24, 2.45) is 0 Å². The van der Waals surface area contributed by atoms with E-state index >= 15 is 0 Å². The lowest BCUT2D eigenvalue weighted by atomic mass is 10.00. The first kappa shape index (κ1) is 18.0. The molecule has 1 amide bonds. The molecular weight excluding hydrogens is 334 g/mol. The van der Waals surface area contributed by atoms with Crippen LogP contribution in [0.1, 0.15) is 22.5 Å². The summed E-state index contributed by atoms with van der Waals surface area (Å²) in [6.07, 6.45) is 0.938. The Bertz CT molecular complexity index is 757. The van der Waals surface area contributed by atoms with E-state index in [1.807, 2.05) is 17.9 Å². The number of amides is 1. The number of carbonyl (C=O) groups is 1. The van der Waals surface area contributed by atoms with E-state index in [-0.39, 0.29) is 5.91 Å². The lowest BCUT2D eigenvalue weighted by molar-refractivity contribution is -0.129. The second kappa shape index (κ2) is 8.06. The molecule has 25 heavy (non-hydrogen) atoms. The van der Waals surface area contributed by atoms with Gasteiger partial charge in [-0.15, -0.1) is 0 Å². The van der Waals surface area contributed by atoms with Crippen LogP contribution in [0.4, 0.5) is 0 Å². The third-order valence-corrected chi connectivity index (χ3v) is 5.71. The zero-order valence-corrected chi connectivity index (χ0v) is 15.9. The number of nitrogens with zero attached hydrogens (tertiary/aromatic N) is 3. The van der Waals surface area contributed by atoms with Gasteiger partial charge in [0.1, 0.15) is 0 Å². The van der Waals surface area contributed by atoms with Crippen LogP contribution in [0.5, 0.6) is 0 Å².